The summed E-state index contributed by atoms with van der Waals surface area (Å²) in [5, 5.41) is 19.5. The van der Waals surface area contributed by atoms with Gasteiger partial charge in [-0.2, -0.15) is 0 Å². The van der Waals surface area contributed by atoms with Crippen molar-refractivity contribution < 1.29 is 14.9 Å². The zero-order chi connectivity index (χ0) is 16.0. The van der Waals surface area contributed by atoms with Crippen LogP contribution in [0.15, 0.2) is 12.1 Å². The lowest BCUT2D eigenvalue weighted by atomic mass is 9.50. The zero-order valence-electron chi connectivity index (χ0n) is 14.0. The molecular formula is C19H28O3. The lowest BCUT2D eigenvalue weighted by Gasteiger charge is -2.55. The van der Waals surface area contributed by atoms with Crippen LogP contribution >= 0.6 is 0 Å². The van der Waals surface area contributed by atoms with Crippen molar-refractivity contribution in [2.45, 2.75) is 58.0 Å². The fourth-order valence-corrected chi connectivity index (χ4v) is 5.18. The predicted octanol–water partition coefficient (Wildman–Crippen LogP) is 3.19. The summed E-state index contributed by atoms with van der Waals surface area (Å²) < 4.78 is 5.50. The molecule has 2 N–H and O–H groups in total. The number of hydrogen-bond donors (Lipinski definition) is 2. The number of methoxy groups -OCH3 is 1. The number of aliphatic hydroxyl groups excluding tert-OH is 2. The van der Waals surface area contributed by atoms with Gasteiger partial charge in [0.25, 0.3) is 0 Å². The van der Waals surface area contributed by atoms with Crippen molar-refractivity contribution in [3.05, 3.63) is 28.8 Å². The highest BCUT2D eigenvalue weighted by Crippen LogP contribution is 2.57. The fourth-order valence-electron chi connectivity index (χ4n) is 5.18. The van der Waals surface area contributed by atoms with E-state index in [0.29, 0.717) is 5.92 Å². The molecule has 0 unspecified atom stereocenters. The Balaban J connectivity index is 2.12. The maximum Gasteiger partial charge on any atom is 0.124 e. The molecule has 3 atom stereocenters. The molecule has 0 aromatic heterocycles. The predicted molar refractivity (Wildman–Crippen MR) is 87.1 cm³/mol. The van der Waals surface area contributed by atoms with E-state index in [0.717, 1.165) is 37.0 Å². The average Bonchev–Trinajstić information content (AvgIpc) is 2.53. The Morgan fingerprint density at radius 1 is 1.23 bits per heavy atom. The third-order valence-corrected chi connectivity index (χ3v) is 6.41. The number of ether oxygens (including phenoxy) is 1. The average molecular weight is 304 g/mol. The molecule has 0 aliphatic heterocycles. The molecule has 122 valence electrons. The van der Waals surface area contributed by atoms with Gasteiger partial charge >= 0.3 is 0 Å². The van der Waals surface area contributed by atoms with E-state index < -0.39 is 0 Å². The Hall–Kier alpha value is -1.06. The molecule has 1 fully saturated rings. The summed E-state index contributed by atoms with van der Waals surface area (Å²) >= 11 is 0. The highest BCUT2D eigenvalue weighted by molar-refractivity contribution is 5.48. The van der Waals surface area contributed by atoms with Gasteiger partial charge in [-0.1, -0.05) is 20.3 Å². The van der Waals surface area contributed by atoms with Gasteiger partial charge in [-0.05, 0) is 65.7 Å². The minimum absolute atomic E-state index is 0.0188. The van der Waals surface area contributed by atoms with Crippen LogP contribution in [0.5, 0.6) is 5.75 Å². The summed E-state index contributed by atoms with van der Waals surface area (Å²) in [6.45, 7) is 4.90. The normalized spacial score (nSPS) is 34.0. The van der Waals surface area contributed by atoms with Gasteiger partial charge in [0.05, 0.1) is 13.7 Å². The minimum Gasteiger partial charge on any atom is -0.496 e. The van der Waals surface area contributed by atoms with E-state index in [1.54, 1.807) is 7.11 Å². The Morgan fingerprint density at radius 2 is 2.00 bits per heavy atom. The van der Waals surface area contributed by atoms with Crippen LogP contribution in [-0.4, -0.2) is 23.9 Å². The molecule has 0 amide bonds. The monoisotopic (exact) mass is 304 g/mol. The smallest absolute Gasteiger partial charge is 0.124 e. The molecule has 3 rings (SSSR count). The molecule has 1 aromatic rings. The lowest BCUT2D eigenvalue weighted by molar-refractivity contribution is -0.0179. The van der Waals surface area contributed by atoms with Crippen LogP contribution in [-0.2, 0) is 18.4 Å². The van der Waals surface area contributed by atoms with Crippen molar-refractivity contribution in [1.29, 1.82) is 0 Å². The molecule has 2 aliphatic rings. The maximum absolute atomic E-state index is 9.98. The van der Waals surface area contributed by atoms with E-state index in [9.17, 15) is 10.2 Å². The molecule has 0 saturated heterocycles. The Kier molecular flexibility index (Phi) is 3.98. The number of aryl methyl sites for hydroxylation is 1. The summed E-state index contributed by atoms with van der Waals surface area (Å²) in [4.78, 5) is 0. The van der Waals surface area contributed by atoms with Gasteiger partial charge in [0.15, 0.2) is 0 Å². The zero-order valence-corrected chi connectivity index (χ0v) is 14.0. The van der Waals surface area contributed by atoms with E-state index in [1.165, 1.54) is 17.5 Å². The van der Waals surface area contributed by atoms with Crippen molar-refractivity contribution in [1.82, 2.24) is 0 Å². The van der Waals surface area contributed by atoms with Crippen LogP contribution in [0.25, 0.3) is 0 Å². The van der Waals surface area contributed by atoms with Crippen LogP contribution in [0.2, 0.25) is 0 Å². The molecule has 1 aromatic carbocycles. The van der Waals surface area contributed by atoms with Crippen molar-refractivity contribution in [3.8, 4) is 5.75 Å². The van der Waals surface area contributed by atoms with E-state index in [1.807, 2.05) is 0 Å². The molecule has 0 bridgehead atoms. The number of rotatable bonds is 3. The summed E-state index contributed by atoms with van der Waals surface area (Å²) in [6.07, 6.45) is 5.60. The molecule has 1 saturated carbocycles. The number of aliphatic hydroxyl groups is 2. The third kappa shape index (κ3) is 2.17. The van der Waals surface area contributed by atoms with Crippen molar-refractivity contribution in [2.24, 2.45) is 11.3 Å². The second kappa shape index (κ2) is 5.54. The van der Waals surface area contributed by atoms with Gasteiger partial charge in [0, 0.05) is 12.2 Å². The van der Waals surface area contributed by atoms with Crippen LogP contribution < -0.4 is 4.74 Å². The SMILES string of the molecule is COc1cc2c(cc1CO)CC[C@H]1[C@](C)(CO)CCC[C@]21C. The third-order valence-electron chi connectivity index (χ3n) is 6.41. The van der Waals surface area contributed by atoms with Gasteiger partial charge in [0.1, 0.15) is 5.75 Å². The first-order chi connectivity index (χ1) is 10.5. The summed E-state index contributed by atoms with van der Waals surface area (Å²) in [5.41, 5.74) is 3.73. The number of fused-ring (bicyclic) bond motifs is 3. The first-order valence-corrected chi connectivity index (χ1v) is 8.40. The second-order valence-electron chi connectivity index (χ2n) is 7.65. The molecule has 0 radical (unpaired) electrons. The van der Waals surface area contributed by atoms with E-state index >= 15 is 0 Å². The van der Waals surface area contributed by atoms with Gasteiger partial charge in [-0.25, -0.2) is 0 Å². The Morgan fingerprint density at radius 3 is 2.64 bits per heavy atom. The van der Waals surface area contributed by atoms with Crippen molar-refractivity contribution in [2.75, 3.05) is 13.7 Å². The van der Waals surface area contributed by atoms with Crippen molar-refractivity contribution >= 4 is 0 Å². The van der Waals surface area contributed by atoms with Gasteiger partial charge < -0.3 is 14.9 Å². The van der Waals surface area contributed by atoms with E-state index in [2.05, 4.69) is 26.0 Å². The van der Waals surface area contributed by atoms with E-state index in [-0.39, 0.29) is 24.0 Å². The van der Waals surface area contributed by atoms with Gasteiger partial charge in [-0.3, -0.25) is 0 Å². The molecule has 2 aliphatic carbocycles. The number of benzene rings is 1. The number of hydrogen-bond acceptors (Lipinski definition) is 3. The molecule has 3 heteroatoms. The highest BCUT2D eigenvalue weighted by atomic mass is 16.5. The first kappa shape index (κ1) is 15.8. The van der Waals surface area contributed by atoms with Crippen LogP contribution in [0, 0.1) is 11.3 Å². The van der Waals surface area contributed by atoms with Crippen molar-refractivity contribution in [3.63, 3.8) is 0 Å². The quantitative estimate of drug-likeness (QED) is 0.901. The van der Waals surface area contributed by atoms with Crippen LogP contribution in [0.1, 0.15) is 56.2 Å². The molecule has 0 spiro atoms. The summed E-state index contributed by atoms with van der Waals surface area (Å²) in [6, 6.07) is 4.27. The fraction of sp³-hybridized carbons (Fsp3) is 0.684. The molecular weight excluding hydrogens is 276 g/mol. The Labute approximate surface area is 133 Å². The van der Waals surface area contributed by atoms with Gasteiger partial charge in [0.2, 0.25) is 0 Å². The highest BCUT2D eigenvalue weighted by Gasteiger charge is 2.51. The van der Waals surface area contributed by atoms with Crippen LogP contribution in [0.4, 0.5) is 0 Å². The minimum atomic E-state index is 0.0188. The van der Waals surface area contributed by atoms with Gasteiger partial charge in [-0.15, -0.1) is 0 Å². The summed E-state index contributed by atoms with van der Waals surface area (Å²) in [5.74, 6) is 1.30. The topological polar surface area (TPSA) is 49.7 Å². The largest absolute Gasteiger partial charge is 0.496 e. The Bertz CT molecular complexity index is 568. The molecule has 0 heterocycles. The summed E-state index contributed by atoms with van der Waals surface area (Å²) in [7, 11) is 1.67. The van der Waals surface area contributed by atoms with E-state index in [4.69, 9.17) is 4.74 Å². The molecule has 3 nitrogen and oxygen atoms in total. The standard InChI is InChI=1S/C19H28O3/c1-18(12-21)7-4-8-19(2)15-10-16(22-3)14(11-20)9-13(15)5-6-17(18)19/h9-10,17,20-21H,4-8,11-12H2,1-3H3/t17-,18-,19+/m0/s1. The molecule has 22 heavy (non-hydrogen) atoms. The maximum atomic E-state index is 9.98. The first-order valence-electron chi connectivity index (χ1n) is 8.40. The lowest BCUT2D eigenvalue weighted by Crippen LogP contribution is -2.50. The second-order valence-corrected chi connectivity index (χ2v) is 7.65. The van der Waals surface area contributed by atoms with Crippen LogP contribution in [0.3, 0.4) is 0 Å².